The van der Waals surface area contributed by atoms with Crippen LogP contribution in [0.5, 0.6) is 0 Å². The van der Waals surface area contributed by atoms with Crippen LogP contribution in [0.15, 0.2) is 24.3 Å². The van der Waals surface area contributed by atoms with Crippen LogP contribution in [0.2, 0.25) is 5.02 Å². The van der Waals surface area contributed by atoms with Crippen LogP contribution < -0.4 is 10.0 Å². The molecule has 0 spiro atoms. The van der Waals surface area contributed by atoms with Gasteiger partial charge in [-0.15, -0.1) is 0 Å². The smallest absolute Gasteiger partial charge is 0.214 e. The van der Waals surface area contributed by atoms with E-state index in [1.54, 1.807) is 0 Å². The fraction of sp³-hybridized carbons (Fsp3) is 0.625. The summed E-state index contributed by atoms with van der Waals surface area (Å²) in [6.45, 7) is 2.50. The van der Waals surface area contributed by atoms with Gasteiger partial charge in [0.2, 0.25) is 10.0 Å². The van der Waals surface area contributed by atoms with Crippen LogP contribution in [-0.2, 0) is 16.4 Å². The lowest BCUT2D eigenvalue weighted by Crippen LogP contribution is -2.46. The van der Waals surface area contributed by atoms with Crippen molar-refractivity contribution in [2.24, 2.45) is 0 Å². The average molecular weight is 343 g/mol. The van der Waals surface area contributed by atoms with Gasteiger partial charge in [-0.3, -0.25) is 0 Å². The van der Waals surface area contributed by atoms with Gasteiger partial charge in [0.05, 0.1) is 5.25 Å². The summed E-state index contributed by atoms with van der Waals surface area (Å²) in [5.74, 6) is 0. The van der Waals surface area contributed by atoms with Gasteiger partial charge in [0.1, 0.15) is 0 Å². The highest BCUT2D eigenvalue weighted by molar-refractivity contribution is 7.90. The lowest BCUT2D eigenvalue weighted by molar-refractivity contribution is 0.421. The number of halogens is 1. The van der Waals surface area contributed by atoms with Crippen LogP contribution in [0.4, 0.5) is 0 Å². The van der Waals surface area contributed by atoms with Crippen molar-refractivity contribution in [3.63, 3.8) is 0 Å². The summed E-state index contributed by atoms with van der Waals surface area (Å²) in [6, 6.07) is 8.08. The maximum absolute atomic E-state index is 11.9. The highest BCUT2D eigenvalue weighted by atomic mass is 35.5. The Morgan fingerprint density at radius 1 is 1.27 bits per heavy atom. The van der Waals surface area contributed by atoms with Crippen LogP contribution in [-0.4, -0.2) is 31.8 Å². The molecule has 3 rings (SSSR count). The Labute approximate surface area is 137 Å². The maximum atomic E-state index is 11.9. The summed E-state index contributed by atoms with van der Waals surface area (Å²) in [5, 5.41) is 4.21. The Kier molecular flexibility index (Phi) is 4.52. The van der Waals surface area contributed by atoms with Gasteiger partial charge in [-0.1, -0.05) is 23.7 Å². The van der Waals surface area contributed by atoms with Gasteiger partial charge in [-0.05, 0) is 56.7 Å². The van der Waals surface area contributed by atoms with Gasteiger partial charge in [-0.25, -0.2) is 13.1 Å². The van der Waals surface area contributed by atoms with Crippen LogP contribution in [0, 0.1) is 0 Å². The minimum atomic E-state index is -3.09. The fourth-order valence-electron chi connectivity index (χ4n) is 2.83. The molecular formula is C16H23ClN2O2S. The third kappa shape index (κ3) is 4.22. The van der Waals surface area contributed by atoms with Crippen molar-refractivity contribution in [3.8, 4) is 0 Å². The van der Waals surface area contributed by atoms with E-state index in [1.165, 1.54) is 5.56 Å². The lowest BCUT2D eigenvalue weighted by atomic mass is 10.0. The lowest BCUT2D eigenvalue weighted by Gasteiger charge is -2.23. The minimum absolute atomic E-state index is 0.123. The van der Waals surface area contributed by atoms with E-state index in [4.69, 9.17) is 11.6 Å². The summed E-state index contributed by atoms with van der Waals surface area (Å²) < 4.78 is 26.4. The molecule has 2 aliphatic carbocycles. The Balaban J connectivity index is 1.50. The average Bonchev–Trinajstić information content (AvgIpc) is 3.34. The number of rotatable bonds is 8. The SMILES string of the molecule is C[C@H](CNS(=O)(=O)C1CC1)NC1(Cc2ccc(Cl)cc2)CC1. The van der Waals surface area contributed by atoms with Gasteiger partial charge in [-0.2, -0.15) is 0 Å². The highest BCUT2D eigenvalue weighted by Gasteiger charge is 2.43. The summed E-state index contributed by atoms with van der Waals surface area (Å²) in [7, 11) is -3.09. The Hall–Kier alpha value is -0.620. The second-order valence-electron chi connectivity index (χ2n) is 6.72. The highest BCUT2D eigenvalue weighted by Crippen LogP contribution is 2.39. The van der Waals surface area contributed by atoms with Gasteiger partial charge in [0.25, 0.3) is 0 Å². The van der Waals surface area contributed by atoms with E-state index >= 15 is 0 Å². The molecule has 0 amide bonds. The second kappa shape index (κ2) is 6.11. The van der Waals surface area contributed by atoms with E-state index in [9.17, 15) is 8.42 Å². The Bertz CT molecular complexity index is 622. The summed E-state index contributed by atoms with van der Waals surface area (Å²) in [4.78, 5) is 0. The molecule has 0 aromatic heterocycles. The zero-order valence-electron chi connectivity index (χ0n) is 12.8. The van der Waals surface area contributed by atoms with Crippen molar-refractivity contribution in [3.05, 3.63) is 34.9 Å². The van der Waals surface area contributed by atoms with E-state index in [-0.39, 0.29) is 16.8 Å². The predicted octanol–water partition coefficient (Wildman–Crippen LogP) is 2.48. The molecule has 2 saturated carbocycles. The molecule has 1 aromatic carbocycles. The summed E-state index contributed by atoms with van der Waals surface area (Å²) in [5.41, 5.74) is 1.39. The zero-order chi connectivity index (χ0) is 15.8. The van der Waals surface area contributed by atoms with Crippen molar-refractivity contribution in [1.82, 2.24) is 10.0 Å². The third-order valence-corrected chi connectivity index (χ3v) is 6.59. The van der Waals surface area contributed by atoms with Gasteiger partial charge in [0, 0.05) is 23.1 Å². The van der Waals surface area contributed by atoms with E-state index in [0.717, 1.165) is 37.1 Å². The van der Waals surface area contributed by atoms with Gasteiger partial charge >= 0.3 is 0 Å². The number of sulfonamides is 1. The largest absolute Gasteiger partial charge is 0.307 e. The molecular weight excluding hydrogens is 320 g/mol. The number of nitrogens with one attached hydrogen (secondary N) is 2. The molecule has 0 radical (unpaired) electrons. The Morgan fingerprint density at radius 3 is 2.45 bits per heavy atom. The fourth-order valence-corrected chi connectivity index (χ4v) is 4.43. The van der Waals surface area contributed by atoms with Gasteiger partial charge < -0.3 is 5.32 Å². The standard InChI is InChI=1S/C16H23ClN2O2S/c1-12(11-18-22(20,21)15-6-7-15)19-16(8-9-16)10-13-2-4-14(17)5-3-13/h2-5,12,15,18-19H,6-11H2,1H3/t12-/m1/s1. The molecule has 0 bridgehead atoms. The first-order chi connectivity index (χ1) is 10.4. The van der Waals surface area contributed by atoms with E-state index < -0.39 is 10.0 Å². The Morgan fingerprint density at radius 2 is 1.91 bits per heavy atom. The van der Waals surface area contributed by atoms with E-state index in [0.29, 0.717) is 6.54 Å². The number of hydrogen-bond donors (Lipinski definition) is 2. The monoisotopic (exact) mass is 342 g/mol. The number of hydrogen-bond acceptors (Lipinski definition) is 3. The quantitative estimate of drug-likeness (QED) is 0.763. The minimum Gasteiger partial charge on any atom is -0.307 e. The topological polar surface area (TPSA) is 58.2 Å². The van der Waals surface area contributed by atoms with Crippen molar-refractivity contribution >= 4 is 21.6 Å². The van der Waals surface area contributed by atoms with Crippen LogP contribution in [0.25, 0.3) is 0 Å². The van der Waals surface area contributed by atoms with E-state index in [1.807, 2.05) is 19.1 Å². The van der Waals surface area contributed by atoms with Crippen LogP contribution in [0.3, 0.4) is 0 Å². The van der Waals surface area contributed by atoms with Crippen LogP contribution >= 0.6 is 11.6 Å². The summed E-state index contributed by atoms with van der Waals surface area (Å²) >= 11 is 5.92. The molecule has 1 atom stereocenters. The van der Waals surface area contributed by atoms with E-state index in [2.05, 4.69) is 22.2 Å². The van der Waals surface area contributed by atoms with Gasteiger partial charge in [0.15, 0.2) is 0 Å². The first-order valence-corrected chi connectivity index (χ1v) is 9.82. The molecule has 22 heavy (non-hydrogen) atoms. The normalized spacial score (nSPS) is 21.5. The summed E-state index contributed by atoms with van der Waals surface area (Å²) in [6.07, 6.45) is 4.84. The third-order valence-electron chi connectivity index (χ3n) is 4.42. The molecule has 2 aliphatic rings. The number of benzene rings is 1. The molecule has 4 nitrogen and oxygen atoms in total. The molecule has 2 N–H and O–H groups in total. The van der Waals surface area contributed by atoms with Crippen molar-refractivity contribution in [1.29, 1.82) is 0 Å². The molecule has 0 saturated heterocycles. The molecule has 0 unspecified atom stereocenters. The second-order valence-corrected chi connectivity index (χ2v) is 9.20. The predicted molar refractivity (Wildman–Crippen MR) is 89.7 cm³/mol. The molecule has 6 heteroatoms. The van der Waals surface area contributed by atoms with Crippen molar-refractivity contribution in [2.75, 3.05) is 6.54 Å². The zero-order valence-corrected chi connectivity index (χ0v) is 14.4. The first-order valence-electron chi connectivity index (χ1n) is 7.89. The molecule has 0 heterocycles. The molecule has 122 valence electrons. The van der Waals surface area contributed by atoms with Crippen molar-refractivity contribution < 1.29 is 8.42 Å². The molecule has 1 aromatic rings. The maximum Gasteiger partial charge on any atom is 0.214 e. The molecule has 2 fully saturated rings. The van der Waals surface area contributed by atoms with Crippen LogP contribution in [0.1, 0.15) is 38.2 Å². The van der Waals surface area contributed by atoms with Crippen molar-refractivity contribution in [2.45, 2.75) is 55.9 Å². The molecule has 0 aliphatic heterocycles. The first kappa shape index (κ1) is 16.2.